The van der Waals surface area contributed by atoms with Crippen LogP contribution in [0.2, 0.25) is 0 Å². The third-order valence-electron chi connectivity index (χ3n) is 2.74. The average molecular weight is 233 g/mol. The van der Waals surface area contributed by atoms with Gasteiger partial charge in [-0.05, 0) is 31.5 Å². The van der Waals surface area contributed by atoms with Crippen LogP contribution >= 0.6 is 0 Å². The first-order valence-corrected chi connectivity index (χ1v) is 5.51. The Morgan fingerprint density at radius 1 is 1.41 bits per heavy atom. The van der Waals surface area contributed by atoms with Crippen molar-refractivity contribution in [1.29, 1.82) is 0 Å². The molecule has 0 unspecified atom stereocenters. The van der Waals surface area contributed by atoms with Gasteiger partial charge in [-0.3, -0.25) is 9.59 Å². The van der Waals surface area contributed by atoms with Gasteiger partial charge in [0.2, 0.25) is 11.7 Å². The summed E-state index contributed by atoms with van der Waals surface area (Å²) in [7, 11) is 0. The summed E-state index contributed by atoms with van der Waals surface area (Å²) >= 11 is 0. The summed E-state index contributed by atoms with van der Waals surface area (Å²) in [6.45, 7) is 5.42. The van der Waals surface area contributed by atoms with Crippen LogP contribution in [0.15, 0.2) is 18.2 Å². The van der Waals surface area contributed by atoms with Crippen molar-refractivity contribution >= 4 is 11.7 Å². The van der Waals surface area contributed by atoms with Crippen LogP contribution in [0, 0.1) is 0 Å². The molecular formula is C13H15NO3. The Morgan fingerprint density at radius 2 is 2.12 bits per heavy atom. The predicted molar refractivity (Wildman–Crippen MR) is 63.0 cm³/mol. The predicted octanol–water partition coefficient (Wildman–Crippen LogP) is 1.68. The van der Waals surface area contributed by atoms with Crippen LogP contribution in [0.25, 0.3) is 0 Å². The van der Waals surface area contributed by atoms with Gasteiger partial charge in [0.25, 0.3) is 0 Å². The first-order chi connectivity index (χ1) is 7.90. The molecule has 0 atom stereocenters. The minimum atomic E-state index is -0.783. The lowest BCUT2D eigenvalue weighted by Gasteiger charge is -2.15. The van der Waals surface area contributed by atoms with Gasteiger partial charge in [-0.2, -0.15) is 0 Å². The molecule has 1 aromatic carbocycles. The van der Waals surface area contributed by atoms with Crippen LogP contribution in [0.4, 0.5) is 0 Å². The van der Waals surface area contributed by atoms with Gasteiger partial charge < -0.3 is 10.1 Å². The minimum absolute atomic E-state index is 0.00132. The Morgan fingerprint density at radius 3 is 2.76 bits per heavy atom. The molecule has 1 heterocycles. The number of nitrogens with one attached hydrogen (secondary N) is 1. The van der Waals surface area contributed by atoms with E-state index in [0.717, 1.165) is 5.56 Å². The molecule has 4 heteroatoms. The fourth-order valence-corrected chi connectivity index (χ4v) is 1.82. The van der Waals surface area contributed by atoms with Crippen molar-refractivity contribution in [2.24, 2.45) is 0 Å². The van der Waals surface area contributed by atoms with Crippen LogP contribution < -0.4 is 10.1 Å². The number of benzene rings is 1. The lowest BCUT2D eigenvalue weighted by molar-refractivity contribution is -0.119. The molecule has 4 nitrogen and oxygen atoms in total. The van der Waals surface area contributed by atoms with E-state index in [4.69, 9.17) is 4.74 Å². The summed E-state index contributed by atoms with van der Waals surface area (Å²) in [6, 6.07) is 5.39. The van der Waals surface area contributed by atoms with Crippen molar-refractivity contribution in [2.75, 3.05) is 0 Å². The first kappa shape index (κ1) is 11.6. The highest BCUT2D eigenvalue weighted by Gasteiger charge is 2.39. The highest BCUT2D eigenvalue weighted by molar-refractivity contribution is 6.07. The first-order valence-electron chi connectivity index (χ1n) is 5.51. The molecule has 1 amide bonds. The Hall–Kier alpha value is -1.84. The Kier molecular flexibility index (Phi) is 2.65. The number of ketones is 1. The summed E-state index contributed by atoms with van der Waals surface area (Å²) in [4.78, 5) is 22.7. The summed E-state index contributed by atoms with van der Waals surface area (Å²) in [5, 5.41) is 2.71. The van der Waals surface area contributed by atoms with Crippen LogP contribution in [0.5, 0.6) is 5.75 Å². The van der Waals surface area contributed by atoms with E-state index in [-0.39, 0.29) is 11.7 Å². The number of hydrogen-bond donors (Lipinski definition) is 1. The monoisotopic (exact) mass is 233 g/mol. The largest absolute Gasteiger partial charge is 0.479 e. The minimum Gasteiger partial charge on any atom is -0.479 e. The summed E-state index contributed by atoms with van der Waals surface area (Å²) in [6.07, 6.45) is 0. The van der Waals surface area contributed by atoms with Crippen LogP contribution in [-0.4, -0.2) is 17.3 Å². The van der Waals surface area contributed by atoms with E-state index in [2.05, 4.69) is 5.32 Å². The van der Waals surface area contributed by atoms with E-state index in [1.165, 1.54) is 6.92 Å². The molecule has 17 heavy (non-hydrogen) atoms. The summed E-state index contributed by atoms with van der Waals surface area (Å²) in [5.41, 5.74) is 0.751. The van der Waals surface area contributed by atoms with Gasteiger partial charge in [-0.15, -0.1) is 0 Å². The quantitative estimate of drug-likeness (QED) is 0.845. The standard InChI is InChI=1S/C13H15NO3/c1-8(15)14-7-9-4-5-10-11(6-9)17-13(2,3)12(10)16/h4-6H,7H2,1-3H3,(H,14,15). The van der Waals surface area contributed by atoms with Crippen molar-refractivity contribution in [2.45, 2.75) is 32.9 Å². The Balaban J connectivity index is 2.23. The molecule has 0 spiro atoms. The number of amides is 1. The molecule has 0 radical (unpaired) electrons. The van der Waals surface area contributed by atoms with Crippen LogP contribution in [0.3, 0.4) is 0 Å². The molecule has 0 bridgehead atoms. The van der Waals surface area contributed by atoms with E-state index in [1.807, 2.05) is 6.07 Å². The highest BCUT2D eigenvalue weighted by Crippen LogP contribution is 2.35. The number of carbonyl (C=O) groups is 2. The molecule has 2 rings (SSSR count). The fourth-order valence-electron chi connectivity index (χ4n) is 1.82. The molecular weight excluding hydrogens is 218 g/mol. The molecule has 1 aromatic rings. The van der Waals surface area contributed by atoms with E-state index >= 15 is 0 Å². The molecule has 1 aliphatic heterocycles. The number of ether oxygens (including phenoxy) is 1. The second kappa shape index (κ2) is 3.87. The zero-order chi connectivity index (χ0) is 12.6. The van der Waals surface area contributed by atoms with Gasteiger partial charge in [0, 0.05) is 13.5 Å². The third-order valence-corrected chi connectivity index (χ3v) is 2.74. The fraction of sp³-hybridized carbons (Fsp3) is 0.385. The van der Waals surface area contributed by atoms with Crippen molar-refractivity contribution in [3.63, 3.8) is 0 Å². The second-order valence-electron chi connectivity index (χ2n) is 4.68. The lowest BCUT2D eigenvalue weighted by Crippen LogP contribution is -2.31. The number of hydrogen-bond acceptors (Lipinski definition) is 3. The van der Waals surface area contributed by atoms with Crippen molar-refractivity contribution in [1.82, 2.24) is 5.32 Å². The van der Waals surface area contributed by atoms with Gasteiger partial charge in [0.15, 0.2) is 5.60 Å². The van der Waals surface area contributed by atoms with Gasteiger partial charge in [-0.1, -0.05) is 6.07 Å². The van der Waals surface area contributed by atoms with Gasteiger partial charge in [-0.25, -0.2) is 0 Å². The van der Waals surface area contributed by atoms with Gasteiger partial charge >= 0.3 is 0 Å². The summed E-state index contributed by atoms with van der Waals surface area (Å²) in [5.74, 6) is 0.518. The number of Topliss-reactive ketones (excluding diaryl/α,β-unsaturated/α-hetero) is 1. The van der Waals surface area contributed by atoms with E-state index < -0.39 is 5.60 Å². The highest BCUT2D eigenvalue weighted by atomic mass is 16.5. The molecule has 0 fully saturated rings. The maximum absolute atomic E-state index is 11.9. The van der Waals surface area contributed by atoms with Gasteiger partial charge in [0.1, 0.15) is 5.75 Å². The number of fused-ring (bicyclic) bond motifs is 1. The van der Waals surface area contributed by atoms with E-state index in [9.17, 15) is 9.59 Å². The lowest BCUT2D eigenvalue weighted by atomic mass is 9.99. The summed E-state index contributed by atoms with van der Waals surface area (Å²) < 4.78 is 5.59. The molecule has 90 valence electrons. The molecule has 0 saturated carbocycles. The molecule has 0 aliphatic carbocycles. The van der Waals surface area contributed by atoms with Crippen molar-refractivity contribution < 1.29 is 14.3 Å². The van der Waals surface area contributed by atoms with Crippen LogP contribution in [0.1, 0.15) is 36.7 Å². The number of rotatable bonds is 2. The van der Waals surface area contributed by atoms with E-state index in [0.29, 0.717) is 17.9 Å². The zero-order valence-electron chi connectivity index (χ0n) is 10.2. The maximum atomic E-state index is 11.9. The SMILES string of the molecule is CC(=O)NCc1ccc2c(c1)OC(C)(C)C2=O. The van der Waals surface area contributed by atoms with Gasteiger partial charge in [0.05, 0.1) is 5.56 Å². The molecule has 0 saturated heterocycles. The normalized spacial score (nSPS) is 16.3. The maximum Gasteiger partial charge on any atom is 0.217 e. The zero-order valence-corrected chi connectivity index (χ0v) is 10.2. The molecule has 0 aromatic heterocycles. The Labute approximate surface area is 100.0 Å². The topological polar surface area (TPSA) is 55.4 Å². The Bertz CT molecular complexity index is 491. The second-order valence-corrected chi connectivity index (χ2v) is 4.68. The van der Waals surface area contributed by atoms with E-state index in [1.54, 1.807) is 26.0 Å². The molecule has 1 N–H and O–H groups in total. The van der Waals surface area contributed by atoms with Crippen LogP contribution in [-0.2, 0) is 11.3 Å². The average Bonchev–Trinajstić information content (AvgIpc) is 2.46. The number of carbonyl (C=O) groups excluding carboxylic acids is 2. The third kappa shape index (κ3) is 2.16. The molecule has 1 aliphatic rings. The smallest absolute Gasteiger partial charge is 0.217 e. The van der Waals surface area contributed by atoms with Crippen molar-refractivity contribution in [3.8, 4) is 5.75 Å². The van der Waals surface area contributed by atoms with Crippen molar-refractivity contribution in [3.05, 3.63) is 29.3 Å².